The monoisotopic (exact) mass is 385 g/mol. The third kappa shape index (κ3) is 6.83. The summed E-state index contributed by atoms with van der Waals surface area (Å²) in [5, 5.41) is 3.74. The molecule has 2 rings (SSSR count). The number of primary amides is 1. The van der Waals surface area contributed by atoms with Gasteiger partial charge in [-0.3, -0.25) is 0 Å². The highest BCUT2D eigenvalue weighted by molar-refractivity contribution is 5.82. The average molecular weight is 385 g/mol. The first-order valence-electron chi connectivity index (χ1n) is 9.17. The predicted octanol–water partition coefficient (Wildman–Crippen LogP) is 3.55. The zero-order valence-corrected chi connectivity index (χ0v) is 16.5. The van der Waals surface area contributed by atoms with Crippen LogP contribution in [0.5, 0.6) is 17.2 Å². The van der Waals surface area contributed by atoms with Gasteiger partial charge < -0.3 is 19.9 Å². The van der Waals surface area contributed by atoms with Crippen LogP contribution in [-0.4, -0.2) is 32.1 Å². The molecule has 2 aromatic carbocycles. The van der Waals surface area contributed by atoms with E-state index in [2.05, 4.69) is 22.7 Å². The maximum Gasteiger partial charge on any atom is 0.332 e. The lowest BCUT2D eigenvalue weighted by Crippen LogP contribution is -2.24. The number of hydrogen-bond donors (Lipinski definition) is 2. The predicted molar refractivity (Wildman–Crippen MR) is 109 cm³/mol. The molecule has 2 amide bonds. The van der Waals surface area contributed by atoms with Crippen LogP contribution in [0.2, 0.25) is 0 Å². The highest BCUT2D eigenvalue weighted by atomic mass is 16.5. The lowest BCUT2D eigenvalue weighted by molar-refractivity contribution is 0.235. The molecule has 0 saturated heterocycles. The van der Waals surface area contributed by atoms with E-state index >= 15 is 0 Å². The van der Waals surface area contributed by atoms with Crippen molar-refractivity contribution in [2.45, 2.75) is 27.2 Å². The zero-order chi connectivity index (χ0) is 20.4. The van der Waals surface area contributed by atoms with Crippen LogP contribution in [0.1, 0.15) is 30.0 Å². The van der Waals surface area contributed by atoms with Gasteiger partial charge in [-0.25, -0.2) is 10.2 Å². The minimum Gasteiger partial charge on any atom is -0.493 e. The number of carbonyl (C=O) groups is 1. The summed E-state index contributed by atoms with van der Waals surface area (Å²) in [5.74, 6) is 2.16. The minimum absolute atomic E-state index is 0.502. The summed E-state index contributed by atoms with van der Waals surface area (Å²) >= 11 is 0. The molecule has 0 heterocycles. The van der Waals surface area contributed by atoms with Crippen LogP contribution in [0, 0.1) is 13.8 Å². The first-order chi connectivity index (χ1) is 13.5. The molecule has 28 heavy (non-hydrogen) atoms. The molecule has 0 aliphatic heterocycles. The zero-order valence-electron chi connectivity index (χ0n) is 16.5. The maximum absolute atomic E-state index is 10.7. The largest absolute Gasteiger partial charge is 0.493 e. The van der Waals surface area contributed by atoms with E-state index in [1.165, 1.54) is 11.8 Å². The second kappa shape index (κ2) is 10.8. The second-order valence-corrected chi connectivity index (χ2v) is 6.19. The first kappa shape index (κ1) is 21.1. The molecule has 7 nitrogen and oxygen atoms in total. The molecule has 0 aromatic heterocycles. The number of hydrogen-bond acceptors (Lipinski definition) is 5. The molecule has 0 bridgehead atoms. The Labute approximate surface area is 165 Å². The third-order valence-electron chi connectivity index (χ3n) is 3.80. The van der Waals surface area contributed by atoms with E-state index in [0.717, 1.165) is 23.3 Å². The van der Waals surface area contributed by atoms with E-state index in [-0.39, 0.29) is 0 Å². The van der Waals surface area contributed by atoms with Crippen molar-refractivity contribution in [1.82, 2.24) is 5.43 Å². The Morgan fingerprint density at radius 3 is 2.50 bits per heavy atom. The number of benzene rings is 2. The van der Waals surface area contributed by atoms with Crippen molar-refractivity contribution in [3.05, 3.63) is 53.1 Å². The van der Waals surface area contributed by atoms with Gasteiger partial charge in [0.2, 0.25) is 0 Å². The lowest BCUT2D eigenvalue weighted by atomic mass is 10.1. The molecule has 0 atom stereocenters. The fourth-order valence-electron chi connectivity index (χ4n) is 2.45. The molecule has 3 N–H and O–H groups in total. The summed E-state index contributed by atoms with van der Waals surface area (Å²) in [6.45, 7) is 7.55. The Bertz CT molecular complexity index is 821. The van der Waals surface area contributed by atoms with E-state index in [4.69, 9.17) is 19.9 Å². The Kier molecular flexibility index (Phi) is 8.14. The van der Waals surface area contributed by atoms with Crippen molar-refractivity contribution in [3.8, 4) is 17.2 Å². The molecule has 0 fully saturated rings. The van der Waals surface area contributed by atoms with Crippen LogP contribution in [0.4, 0.5) is 4.79 Å². The summed E-state index contributed by atoms with van der Waals surface area (Å²) < 4.78 is 17.3. The average Bonchev–Trinajstić information content (AvgIpc) is 2.65. The van der Waals surface area contributed by atoms with Crippen LogP contribution < -0.4 is 25.4 Å². The van der Waals surface area contributed by atoms with Crippen molar-refractivity contribution >= 4 is 12.2 Å². The molecule has 150 valence electrons. The summed E-state index contributed by atoms with van der Waals surface area (Å²) in [6, 6.07) is 10.9. The number of hydrazone groups is 1. The molecular formula is C21H27N3O4. The Morgan fingerprint density at radius 2 is 1.79 bits per heavy atom. The number of nitrogens with zero attached hydrogens (tertiary/aromatic N) is 1. The summed E-state index contributed by atoms with van der Waals surface area (Å²) in [7, 11) is 0. The highest BCUT2D eigenvalue weighted by Crippen LogP contribution is 2.28. The molecular weight excluding hydrogens is 358 g/mol. The van der Waals surface area contributed by atoms with Crippen molar-refractivity contribution in [1.29, 1.82) is 0 Å². The number of ether oxygens (including phenoxy) is 3. The number of carbonyl (C=O) groups excluding carboxylic acids is 1. The van der Waals surface area contributed by atoms with E-state index in [1.54, 1.807) is 6.07 Å². The number of urea groups is 1. The van der Waals surface area contributed by atoms with E-state index in [0.29, 0.717) is 31.3 Å². The molecule has 0 radical (unpaired) electrons. The van der Waals surface area contributed by atoms with Gasteiger partial charge in [0.25, 0.3) is 0 Å². The number of nitrogens with two attached hydrogens (primary N) is 1. The van der Waals surface area contributed by atoms with Gasteiger partial charge in [-0.15, -0.1) is 0 Å². The van der Waals surface area contributed by atoms with Gasteiger partial charge in [-0.1, -0.05) is 12.1 Å². The standard InChI is InChI=1S/C21H27N3O4/c1-4-26-20-13-17(14-23-24-21(22)25)8-9-18(20)27-10-5-11-28-19-12-15(2)6-7-16(19)3/h6-9,12-14H,4-5,10-11H2,1-3H3,(H3,22,24,25). The number of aryl methyl sites for hydroxylation is 2. The smallest absolute Gasteiger partial charge is 0.332 e. The van der Waals surface area contributed by atoms with Crippen LogP contribution >= 0.6 is 0 Å². The fraction of sp³-hybridized carbons (Fsp3) is 0.333. The van der Waals surface area contributed by atoms with E-state index in [9.17, 15) is 4.79 Å². The van der Waals surface area contributed by atoms with Gasteiger partial charge in [0.15, 0.2) is 11.5 Å². The topological polar surface area (TPSA) is 95.2 Å². The molecule has 0 unspecified atom stereocenters. The Balaban J connectivity index is 1.87. The SMILES string of the molecule is CCOc1cc(C=NNC(N)=O)ccc1OCCCOc1cc(C)ccc1C. The normalized spacial score (nSPS) is 10.7. The molecule has 0 aliphatic rings. The van der Waals surface area contributed by atoms with Crippen molar-refractivity contribution < 1.29 is 19.0 Å². The van der Waals surface area contributed by atoms with Gasteiger partial charge in [-0.2, -0.15) is 5.10 Å². The molecule has 0 saturated carbocycles. The first-order valence-corrected chi connectivity index (χ1v) is 9.17. The van der Waals surface area contributed by atoms with Crippen LogP contribution in [0.15, 0.2) is 41.5 Å². The summed E-state index contributed by atoms with van der Waals surface area (Å²) in [4.78, 5) is 10.7. The van der Waals surface area contributed by atoms with E-state index in [1.807, 2.05) is 39.0 Å². The van der Waals surface area contributed by atoms with Crippen molar-refractivity contribution in [2.24, 2.45) is 10.8 Å². The molecule has 0 spiro atoms. The molecule has 0 aliphatic carbocycles. The van der Waals surface area contributed by atoms with Gasteiger partial charge >= 0.3 is 6.03 Å². The minimum atomic E-state index is -0.718. The summed E-state index contributed by atoms with van der Waals surface area (Å²) in [6.07, 6.45) is 2.22. The van der Waals surface area contributed by atoms with E-state index < -0.39 is 6.03 Å². The number of amides is 2. The van der Waals surface area contributed by atoms with Gasteiger partial charge in [0.1, 0.15) is 5.75 Å². The van der Waals surface area contributed by atoms with Crippen LogP contribution in [0.3, 0.4) is 0 Å². The highest BCUT2D eigenvalue weighted by Gasteiger charge is 2.06. The summed E-state index contributed by atoms with van der Waals surface area (Å²) in [5.41, 5.74) is 10.2. The number of rotatable bonds is 10. The molecule has 2 aromatic rings. The third-order valence-corrected chi connectivity index (χ3v) is 3.80. The molecule has 7 heteroatoms. The Morgan fingerprint density at radius 1 is 1.04 bits per heavy atom. The Hall–Kier alpha value is -3.22. The van der Waals surface area contributed by atoms with Gasteiger partial charge in [0, 0.05) is 6.42 Å². The van der Waals surface area contributed by atoms with Crippen molar-refractivity contribution in [3.63, 3.8) is 0 Å². The lowest BCUT2D eigenvalue weighted by Gasteiger charge is -2.13. The quantitative estimate of drug-likeness (QED) is 0.371. The van der Waals surface area contributed by atoms with Gasteiger partial charge in [0.05, 0.1) is 26.0 Å². The van der Waals surface area contributed by atoms with Crippen molar-refractivity contribution in [2.75, 3.05) is 19.8 Å². The number of nitrogens with one attached hydrogen (secondary N) is 1. The van der Waals surface area contributed by atoms with Crippen LogP contribution in [-0.2, 0) is 0 Å². The van der Waals surface area contributed by atoms with Crippen LogP contribution in [0.25, 0.3) is 0 Å². The maximum atomic E-state index is 10.7. The second-order valence-electron chi connectivity index (χ2n) is 6.19. The fourth-order valence-corrected chi connectivity index (χ4v) is 2.45. The van der Waals surface area contributed by atoms with Gasteiger partial charge in [-0.05, 0) is 61.7 Å².